The van der Waals surface area contributed by atoms with Crippen molar-refractivity contribution < 1.29 is 9.21 Å². The average Bonchev–Trinajstić information content (AvgIpc) is 3.30. The molecule has 126 valence electrons. The van der Waals surface area contributed by atoms with E-state index in [2.05, 4.69) is 15.4 Å². The van der Waals surface area contributed by atoms with E-state index in [0.29, 0.717) is 26.8 Å². The average molecular weight is 372 g/mol. The predicted octanol–water partition coefficient (Wildman–Crippen LogP) is 3.18. The van der Waals surface area contributed by atoms with Crippen LogP contribution in [0.15, 0.2) is 39.1 Å². The summed E-state index contributed by atoms with van der Waals surface area (Å²) in [6, 6.07) is 5.24. The molecule has 0 aliphatic carbocycles. The summed E-state index contributed by atoms with van der Waals surface area (Å²) in [7, 11) is 0. The van der Waals surface area contributed by atoms with Crippen LogP contribution in [0.4, 0.5) is 0 Å². The molecule has 0 aliphatic rings. The molecular formula is C16H12N4O3S2. The van der Waals surface area contributed by atoms with E-state index in [1.165, 1.54) is 22.7 Å². The fourth-order valence-electron chi connectivity index (χ4n) is 2.41. The van der Waals surface area contributed by atoms with Crippen LogP contribution >= 0.6 is 22.7 Å². The third kappa shape index (κ3) is 2.67. The van der Waals surface area contributed by atoms with Gasteiger partial charge in [0.1, 0.15) is 16.3 Å². The second-order valence-electron chi connectivity index (χ2n) is 5.28. The van der Waals surface area contributed by atoms with Gasteiger partial charge in [-0.25, -0.2) is 14.6 Å². The highest BCUT2D eigenvalue weighted by Gasteiger charge is 2.19. The number of aryl methyl sites for hydroxylation is 2. The van der Waals surface area contributed by atoms with Crippen LogP contribution in [0.25, 0.3) is 21.0 Å². The molecule has 1 N–H and O–H groups in total. The fourth-order valence-corrected chi connectivity index (χ4v) is 4.09. The summed E-state index contributed by atoms with van der Waals surface area (Å²) in [6.07, 6.45) is 1.55. The molecule has 0 spiro atoms. The molecule has 0 aromatic carbocycles. The maximum absolute atomic E-state index is 12.6. The van der Waals surface area contributed by atoms with Crippen LogP contribution in [0.1, 0.15) is 21.2 Å². The first-order valence-electron chi connectivity index (χ1n) is 7.34. The molecule has 0 bridgehead atoms. The lowest BCUT2D eigenvalue weighted by molar-refractivity contribution is 0.100. The molecule has 1 amide bonds. The maximum atomic E-state index is 12.6. The third-order valence-corrected chi connectivity index (χ3v) is 5.41. The van der Waals surface area contributed by atoms with Crippen LogP contribution in [0, 0.1) is 13.8 Å². The summed E-state index contributed by atoms with van der Waals surface area (Å²) < 4.78 is 6.47. The van der Waals surface area contributed by atoms with Gasteiger partial charge < -0.3 is 4.42 Å². The van der Waals surface area contributed by atoms with Gasteiger partial charge in [-0.15, -0.1) is 22.7 Å². The van der Waals surface area contributed by atoms with E-state index in [0.717, 1.165) is 9.55 Å². The summed E-state index contributed by atoms with van der Waals surface area (Å²) in [4.78, 5) is 35.2. The van der Waals surface area contributed by atoms with Gasteiger partial charge in [-0.1, -0.05) is 0 Å². The summed E-state index contributed by atoms with van der Waals surface area (Å²) in [5.74, 6) is 0.544. The van der Waals surface area contributed by atoms with Crippen LogP contribution < -0.4 is 11.0 Å². The Hall–Kier alpha value is -2.78. The maximum Gasteiger partial charge on any atom is 0.290 e. The minimum Gasteiger partial charge on any atom is -0.462 e. The lowest BCUT2D eigenvalue weighted by Crippen LogP contribution is -2.35. The topological polar surface area (TPSA) is 90.0 Å². The first-order chi connectivity index (χ1) is 12.0. The normalized spacial score (nSPS) is 11.1. The van der Waals surface area contributed by atoms with Crippen molar-refractivity contribution in [3.63, 3.8) is 0 Å². The van der Waals surface area contributed by atoms with Gasteiger partial charge in [0.2, 0.25) is 0 Å². The Morgan fingerprint density at radius 2 is 2.12 bits per heavy atom. The number of nitrogens with one attached hydrogen (secondary N) is 1. The fraction of sp³-hybridized carbons (Fsp3) is 0.125. The second-order valence-corrected chi connectivity index (χ2v) is 7.38. The molecule has 0 fully saturated rings. The number of fused-ring (bicyclic) bond motifs is 1. The summed E-state index contributed by atoms with van der Waals surface area (Å²) in [5, 5.41) is 2.88. The molecule has 0 saturated carbocycles. The number of thiophene rings is 1. The van der Waals surface area contributed by atoms with Crippen molar-refractivity contribution in [2.45, 2.75) is 13.8 Å². The quantitative estimate of drug-likeness (QED) is 0.596. The summed E-state index contributed by atoms with van der Waals surface area (Å²) >= 11 is 2.74. The number of nitrogens with zero attached hydrogens (tertiary/aromatic N) is 3. The zero-order valence-electron chi connectivity index (χ0n) is 13.3. The van der Waals surface area contributed by atoms with E-state index in [-0.39, 0.29) is 11.3 Å². The first kappa shape index (κ1) is 15.7. The van der Waals surface area contributed by atoms with Crippen LogP contribution in [0.3, 0.4) is 0 Å². The van der Waals surface area contributed by atoms with Crippen molar-refractivity contribution in [3.05, 3.63) is 56.6 Å². The van der Waals surface area contributed by atoms with Crippen LogP contribution in [-0.2, 0) is 0 Å². The summed E-state index contributed by atoms with van der Waals surface area (Å²) in [6.45, 7) is 3.47. The van der Waals surface area contributed by atoms with E-state index in [1.807, 2.05) is 0 Å². The van der Waals surface area contributed by atoms with E-state index < -0.39 is 5.91 Å². The monoisotopic (exact) mass is 372 g/mol. The Bertz CT molecular complexity index is 1140. The standard InChI is InChI=1S/C16H12N4O3S2/c1-8-12(18-15(25-8)11-4-3-6-23-11)13(21)19-20-9(2)17-14-10(16(20)22)5-7-24-14/h3-7H,1-2H3,(H,19,21). The molecule has 0 aliphatic heterocycles. The zero-order chi connectivity index (χ0) is 17.6. The molecule has 4 aromatic heterocycles. The molecule has 0 atom stereocenters. The van der Waals surface area contributed by atoms with E-state index in [1.54, 1.807) is 43.7 Å². The molecular weight excluding hydrogens is 360 g/mol. The number of carbonyl (C=O) groups excluding carboxylic acids is 1. The molecule has 4 rings (SSSR count). The number of furan rings is 1. The summed E-state index contributed by atoms with van der Waals surface area (Å²) in [5.41, 5.74) is 2.55. The minimum absolute atomic E-state index is 0.258. The van der Waals surface area contributed by atoms with Gasteiger partial charge >= 0.3 is 0 Å². The Balaban J connectivity index is 1.70. The molecule has 0 radical (unpaired) electrons. The molecule has 7 nitrogen and oxygen atoms in total. The third-order valence-electron chi connectivity index (χ3n) is 3.62. The molecule has 4 aromatic rings. The van der Waals surface area contributed by atoms with Crippen LogP contribution in [0.5, 0.6) is 0 Å². The Kier molecular flexibility index (Phi) is 3.74. The Morgan fingerprint density at radius 1 is 1.28 bits per heavy atom. The van der Waals surface area contributed by atoms with Crippen molar-refractivity contribution in [1.29, 1.82) is 0 Å². The van der Waals surface area contributed by atoms with Gasteiger partial charge in [-0.2, -0.15) is 0 Å². The highest BCUT2D eigenvalue weighted by molar-refractivity contribution is 7.16. The van der Waals surface area contributed by atoms with Crippen molar-refractivity contribution in [2.24, 2.45) is 0 Å². The number of thiazole rings is 1. The number of amides is 1. The van der Waals surface area contributed by atoms with Crippen molar-refractivity contribution >= 4 is 38.8 Å². The van der Waals surface area contributed by atoms with Gasteiger partial charge in [0.25, 0.3) is 11.5 Å². The van der Waals surface area contributed by atoms with Crippen LogP contribution in [-0.4, -0.2) is 20.6 Å². The van der Waals surface area contributed by atoms with Crippen LogP contribution in [0.2, 0.25) is 0 Å². The SMILES string of the molecule is Cc1sc(-c2ccco2)nc1C(=O)Nn1c(C)nc2sccc2c1=O. The smallest absolute Gasteiger partial charge is 0.290 e. The number of aromatic nitrogens is 3. The highest BCUT2D eigenvalue weighted by atomic mass is 32.1. The Labute approximate surface area is 149 Å². The molecule has 4 heterocycles. The molecule has 0 saturated heterocycles. The second kappa shape index (κ2) is 5.94. The Morgan fingerprint density at radius 3 is 2.88 bits per heavy atom. The largest absolute Gasteiger partial charge is 0.462 e. The van der Waals surface area contributed by atoms with Gasteiger partial charge in [0.05, 0.1) is 11.6 Å². The van der Waals surface area contributed by atoms with Gasteiger partial charge in [0, 0.05) is 4.88 Å². The van der Waals surface area contributed by atoms with E-state index in [4.69, 9.17) is 4.42 Å². The first-order valence-corrected chi connectivity index (χ1v) is 9.03. The molecule has 0 unspecified atom stereocenters. The number of carbonyl (C=O) groups is 1. The lowest BCUT2D eigenvalue weighted by atomic mass is 10.3. The number of hydrogen-bond donors (Lipinski definition) is 1. The van der Waals surface area contributed by atoms with Crippen molar-refractivity contribution in [2.75, 3.05) is 5.43 Å². The molecule has 9 heteroatoms. The highest BCUT2D eigenvalue weighted by Crippen LogP contribution is 2.28. The van der Waals surface area contributed by atoms with E-state index in [9.17, 15) is 9.59 Å². The van der Waals surface area contributed by atoms with E-state index >= 15 is 0 Å². The number of hydrogen-bond acceptors (Lipinski definition) is 7. The van der Waals surface area contributed by atoms with Gasteiger partial charge in [-0.05, 0) is 37.4 Å². The lowest BCUT2D eigenvalue weighted by Gasteiger charge is -2.10. The minimum atomic E-state index is -0.465. The predicted molar refractivity (Wildman–Crippen MR) is 96.9 cm³/mol. The van der Waals surface area contributed by atoms with Gasteiger partial charge in [0.15, 0.2) is 10.8 Å². The van der Waals surface area contributed by atoms with Crippen molar-refractivity contribution in [3.8, 4) is 10.8 Å². The zero-order valence-corrected chi connectivity index (χ0v) is 14.9. The van der Waals surface area contributed by atoms with Crippen molar-refractivity contribution in [1.82, 2.24) is 14.6 Å². The molecule has 25 heavy (non-hydrogen) atoms. The number of rotatable bonds is 3. The van der Waals surface area contributed by atoms with Gasteiger partial charge in [-0.3, -0.25) is 15.0 Å².